The van der Waals surface area contributed by atoms with Gasteiger partial charge < -0.3 is 10.1 Å². The third-order valence-corrected chi connectivity index (χ3v) is 4.17. The fourth-order valence-corrected chi connectivity index (χ4v) is 2.88. The number of alkyl halides is 3. The molecule has 12 heteroatoms. The summed E-state index contributed by atoms with van der Waals surface area (Å²) in [7, 11) is 0. The van der Waals surface area contributed by atoms with E-state index in [-0.39, 0.29) is 23.9 Å². The second-order valence-corrected chi connectivity index (χ2v) is 6.15. The molecule has 0 saturated carbocycles. The number of nitrogens with zero attached hydrogens (tertiary/aromatic N) is 3. The molecule has 0 saturated heterocycles. The van der Waals surface area contributed by atoms with Gasteiger partial charge in [-0.2, -0.15) is 13.2 Å². The van der Waals surface area contributed by atoms with Crippen LogP contribution in [0.2, 0.25) is 5.02 Å². The number of benzene rings is 1. The molecule has 29 heavy (non-hydrogen) atoms. The van der Waals surface area contributed by atoms with Gasteiger partial charge in [-0.05, 0) is 19.1 Å². The van der Waals surface area contributed by atoms with Crippen LogP contribution in [0.1, 0.15) is 12.6 Å². The van der Waals surface area contributed by atoms with Gasteiger partial charge in [-0.25, -0.2) is 13.9 Å². The van der Waals surface area contributed by atoms with Crippen molar-refractivity contribution in [3.63, 3.8) is 0 Å². The number of hydrogen-bond acceptors (Lipinski definition) is 5. The van der Waals surface area contributed by atoms with Crippen LogP contribution in [-0.4, -0.2) is 33.1 Å². The topological polar surface area (TPSA) is 77.6 Å². The monoisotopic (exact) mass is 432 g/mol. The Morgan fingerprint density at radius 3 is 2.69 bits per heavy atom. The van der Waals surface area contributed by atoms with Crippen LogP contribution in [0.4, 0.5) is 23.2 Å². The molecule has 1 aromatic carbocycles. The number of fused-ring (bicyclic) bond motifs is 1. The van der Waals surface area contributed by atoms with Gasteiger partial charge in [-0.1, -0.05) is 11.6 Å². The van der Waals surface area contributed by atoms with Crippen LogP contribution in [-0.2, 0) is 15.7 Å². The first-order chi connectivity index (χ1) is 13.6. The molecule has 0 aliphatic rings. The van der Waals surface area contributed by atoms with Crippen molar-refractivity contribution in [3.05, 3.63) is 57.5 Å². The maximum atomic E-state index is 14.6. The molecule has 2 aromatic heterocycles. The summed E-state index contributed by atoms with van der Waals surface area (Å²) in [5, 5.41) is 2.53. The Labute approximate surface area is 165 Å². The first-order valence-corrected chi connectivity index (χ1v) is 8.56. The van der Waals surface area contributed by atoms with Gasteiger partial charge in [0.15, 0.2) is 0 Å². The molecule has 1 N–H and O–H groups in total. The number of imidazole rings is 1. The van der Waals surface area contributed by atoms with Crippen LogP contribution in [0.5, 0.6) is 0 Å². The average molecular weight is 433 g/mol. The third-order valence-electron chi connectivity index (χ3n) is 3.86. The second-order valence-electron chi connectivity index (χ2n) is 5.74. The van der Waals surface area contributed by atoms with E-state index in [2.05, 4.69) is 10.3 Å². The van der Waals surface area contributed by atoms with Crippen molar-refractivity contribution in [2.75, 3.05) is 18.5 Å². The number of ether oxygens (including phenoxy) is 1. The molecule has 0 bridgehead atoms. The first kappa shape index (κ1) is 20.6. The van der Waals surface area contributed by atoms with E-state index in [4.69, 9.17) is 16.3 Å². The van der Waals surface area contributed by atoms with Crippen LogP contribution < -0.4 is 10.9 Å². The molecule has 3 aromatic rings. The van der Waals surface area contributed by atoms with Gasteiger partial charge in [0.05, 0.1) is 23.0 Å². The Balaban J connectivity index is 2.14. The lowest BCUT2D eigenvalue weighted by molar-refractivity contribution is -0.142. The van der Waals surface area contributed by atoms with Crippen molar-refractivity contribution >= 4 is 29.0 Å². The summed E-state index contributed by atoms with van der Waals surface area (Å²) in [6, 6.07) is 2.31. The highest BCUT2D eigenvalue weighted by molar-refractivity contribution is 6.33. The van der Waals surface area contributed by atoms with E-state index in [1.165, 1.54) is 0 Å². The van der Waals surface area contributed by atoms with Gasteiger partial charge in [0.2, 0.25) is 5.78 Å². The Morgan fingerprint density at radius 2 is 2.03 bits per heavy atom. The number of esters is 1. The summed E-state index contributed by atoms with van der Waals surface area (Å²) in [5.41, 5.74) is -2.71. The fraction of sp³-hybridized carbons (Fsp3) is 0.235. The summed E-state index contributed by atoms with van der Waals surface area (Å²) in [6.07, 6.45) is -2.77. The molecule has 0 fully saturated rings. The largest absolute Gasteiger partial charge is 0.465 e. The van der Waals surface area contributed by atoms with E-state index in [9.17, 15) is 27.2 Å². The lowest BCUT2D eigenvalue weighted by atomic mass is 10.2. The van der Waals surface area contributed by atoms with E-state index in [0.29, 0.717) is 15.0 Å². The lowest BCUT2D eigenvalue weighted by Gasteiger charge is -2.15. The first-order valence-electron chi connectivity index (χ1n) is 8.18. The summed E-state index contributed by atoms with van der Waals surface area (Å²) >= 11 is 5.96. The predicted molar refractivity (Wildman–Crippen MR) is 95.9 cm³/mol. The minimum atomic E-state index is -4.82. The molecule has 3 rings (SSSR count). The van der Waals surface area contributed by atoms with E-state index in [0.717, 1.165) is 24.5 Å². The van der Waals surface area contributed by atoms with Gasteiger partial charge in [-0.3, -0.25) is 14.0 Å². The number of aromatic nitrogens is 3. The van der Waals surface area contributed by atoms with Gasteiger partial charge in [0.1, 0.15) is 18.1 Å². The normalized spacial score (nSPS) is 11.7. The number of nitrogens with one attached hydrogen (secondary N) is 1. The molecular formula is C17H13ClF4N4O3. The van der Waals surface area contributed by atoms with Gasteiger partial charge in [0, 0.05) is 18.5 Å². The Morgan fingerprint density at radius 1 is 1.31 bits per heavy atom. The summed E-state index contributed by atoms with van der Waals surface area (Å²) < 4.78 is 60.2. The summed E-state index contributed by atoms with van der Waals surface area (Å²) in [5.74, 6) is -2.01. The van der Waals surface area contributed by atoms with E-state index in [1.54, 1.807) is 6.92 Å². The number of halogens is 5. The van der Waals surface area contributed by atoms with Gasteiger partial charge in [-0.15, -0.1) is 0 Å². The molecule has 0 unspecified atom stereocenters. The quantitative estimate of drug-likeness (QED) is 0.494. The van der Waals surface area contributed by atoms with Crippen LogP contribution in [0, 0.1) is 5.82 Å². The van der Waals surface area contributed by atoms with Crippen molar-refractivity contribution in [1.82, 2.24) is 14.0 Å². The van der Waals surface area contributed by atoms with E-state index < -0.39 is 40.7 Å². The van der Waals surface area contributed by atoms with Crippen molar-refractivity contribution in [1.29, 1.82) is 0 Å². The van der Waals surface area contributed by atoms with Crippen LogP contribution in [0.25, 0.3) is 11.5 Å². The summed E-state index contributed by atoms with van der Waals surface area (Å²) in [6.45, 7) is 1.48. The lowest BCUT2D eigenvalue weighted by Crippen LogP contribution is -2.26. The molecule has 154 valence electrons. The van der Waals surface area contributed by atoms with Gasteiger partial charge >= 0.3 is 12.1 Å². The zero-order valence-electron chi connectivity index (χ0n) is 14.8. The smallest absolute Gasteiger partial charge is 0.432 e. The maximum absolute atomic E-state index is 14.6. The molecule has 0 aliphatic heterocycles. The minimum absolute atomic E-state index is 0.0765. The zero-order valence-corrected chi connectivity index (χ0v) is 15.5. The number of carbonyl (C=O) groups excluding carboxylic acids is 1. The van der Waals surface area contributed by atoms with Crippen molar-refractivity contribution in [2.24, 2.45) is 0 Å². The van der Waals surface area contributed by atoms with Crippen LogP contribution in [0.15, 0.2) is 35.4 Å². The Hall–Kier alpha value is -3.08. The van der Waals surface area contributed by atoms with Gasteiger partial charge in [0.25, 0.3) is 5.56 Å². The fourth-order valence-electron chi connectivity index (χ4n) is 2.67. The molecule has 0 atom stereocenters. The summed E-state index contributed by atoms with van der Waals surface area (Å²) in [4.78, 5) is 27.7. The third kappa shape index (κ3) is 4.04. The van der Waals surface area contributed by atoms with E-state index in [1.807, 2.05) is 0 Å². The highest BCUT2D eigenvalue weighted by atomic mass is 35.5. The molecule has 0 aliphatic carbocycles. The molecule has 7 nitrogen and oxygen atoms in total. The standard InChI is InChI=1S/C17H13ClF4N4O3/c1-2-29-15(28)8-24-11-6-12(10(19)5-9(11)18)26-14(27)7-13(17(20,21)22)25-4-3-23-16(25)26/h3-7,24H,2,8H2,1H3. The molecule has 2 heterocycles. The van der Waals surface area contributed by atoms with Crippen molar-refractivity contribution in [2.45, 2.75) is 13.1 Å². The Kier molecular flexibility index (Phi) is 5.51. The maximum Gasteiger partial charge on any atom is 0.432 e. The number of anilines is 1. The van der Waals surface area contributed by atoms with Crippen molar-refractivity contribution in [3.8, 4) is 5.69 Å². The highest BCUT2D eigenvalue weighted by Crippen LogP contribution is 2.31. The van der Waals surface area contributed by atoms with Crippen LogP contribution in [0.3, 0.4) is 0 Å². The van der Waals surface area contributed by atoms with E-state index >= 15 is 0 Å². The molecule has 0 radical (unpaired) electrons. The average Bonchev–Trinajstić information content (AvgIpc) is 3.09. The predicted octanol–water partition coefficient (Wildman–Crippen LogP) is 3.27. The number of carbonyl (C=O) groups is 1. The number of hydrogen-bond donors (Lipinski definition) is 1. The molecule has 0 amide bonds. The highest BCUT2D eigenvalue weighted by Gasteiger charge is 2.35. The van der Waals surface area contributed by atoms with Crippen molar-refractivity contribution < 1.29 is 27.1 Å². The Bertz CT molecular complexity index is 1140. The molecular weight excluding hydrogens is 420 g/mol. The van der Waals surface area contributed by atoms with Crippen LogP contribution >= 0.6 is 11.6 Å². The minimum Gasteiger partial charge on any atom is -0.465 e. The SMILES string of the molecule is CCOC(=O)CNc1cc(-n2c(=O)cc(C(F)(F)F)n3ccnc23)c(F)cc1Cl. The number of rotatable bonds is 5. The molecule has 0 spiro atoms. The second kappa shape index (κ2) is 7.74. The zero-order chi connectivity index (χ0) is 21.3.